The van der Waals surface area contributed by atoms with Gasteiger partial charge < -0.3 is 35.2 Å². The molecule has 1 saturated heterocycles. The summed E-state index contributed by atoms with van der Waals surface area (Å²) in [7, 11) is 1.33. The molecule has 2 amide bonds. The van der Waals surface area contributed by atoms with Crippen molar-refractivity contribution in [1.29, 1.82) is 0 Å². The Balaban J connectivity index is 1.36. The number of halogens is 2. The highest BCUT2D eigenvalue weighted by Gasteiger charge is 2.41. The minimum absolute atomic E-state index is 0.144. The number of carboxylic acid groups (broad SMARTS) is 1. The van der Waals surface area contributed by atoms with E-state index in [2.05, 4.69) is 20.6 Å². The maximum absolute atomic E-state index is 14.0. The summed E-state index contributed by atoms with van der Waals surface area (Å²) in [6, 6.07) is 5.58. The molecule has 0 saturated carbocycles. The predicted molar refractivity (Wildman–Crippen MR) is 152 cm³/mol. The number of carboxylic acids is 1. The van der Waals surface area contributed by atoms with Gasteiger partial charge >= 0.3 is 5.97 Å². The van der Waals surface area contributed by atoms with E-state index in [9.17, 15) is 29.0 Å². The molecule has 5 rings (SSSR count). The van der Waals surface area contributed by atoms with Gasteiger partial charge in [-0.2, -0.15) is 0 Å². The number of hydrogen-bond donors (Lipinski definition) is 4. The van der Waals surface area contributed by atoms with Gasteiger partial charge in [0.1, 0.15) is 11.6 Å². The first kappa shape index (κ1) is 30.1. The van der Waals surface area contributed by atoms with Gasteiger partial charge in [0.15, 0.2) is 0 Å². The zero-order valence-electron chi connectivity index (χ0n) is 23.0. The Labute approximate surface area is 250 Å². The minimum atomic E-state index is -1.93. The molecule has 2 aromatic carbocycles. The molecule has 4 N–H and O–H groups in total. The molecule has 0 radical (unpaired) electrons. The Morgan fingerprint density at radius 2 is 2.00 bits per heavy atom. The largest absolute Gasteiger partial charge is 0.497 e. The molecule has 2 aliphatic rings. The number of aromatic nitrogens is 2. The first-order valence-corrected chi connectivity index (χ1v) is 13.9. The standard InChI is InChI=1S/C29H29ClFN5O7/c1-42-20-9-17(8-18(31)11-20)23(14-37)34-26(38)25(28(40)41)36-13-16-3-2-15(10-21(16)27(36)39)24-22(30)12-32-29(35-24)33-19-4-6-43-7-5-19/h2-3,8-12,19,23,25,37H,4-7,13-14H2,1H3,(H,34,38)(H,40,41)(H,32,33,35). The molecule has 12 nitrogen and oxygen atoms in total. The molecular weight excluding hydrogens is 585 g/mol. The fraction of sp³-hybridized carbons (Fsp3) is 0.345. The fourth-order valence-electron chi connectivity index (χ4n) is 5.12. The summed E-state index contributed by atoms with van der Waals surface area (Å²) in [5.41, 5.74) is 1.74. The van der Waals surface area contributed by atoms with Crippen molar-refractivity contribution < 1.29 is 38.5 Å². The fourth-order valence-corrected chi connectivity index (χ4v) is 5.32. The van der Waals surface area contributed by atoms with Crippen LogP contribution in [0.25, 0.3) is 11.3 Å². The van der Waals surface area contributed by atoms with Crippen molar-refractivity contribution >= 4 is 35.3 Å². The van der Waals surface area contributed by atoms with Crippen molar-refractivity contribution in [3.63, 3.8) is 0 Å². The number of carbonyl (C=O) groups excluding carboxylic acids is 2. The average Bonchev–Trinajstić information content (AvgIpc) is 3.31. The van der Waals surface area contributed by atoms with Crippen LogP contribution in [0, 0.1) is 5.82 Å². The Bertz CT molecular complexity index is 1550. The molecular formula is C29H29ClFN5O7. The molecule has 3 heterocycles. The van der Waals surface area contributed by atoms with Crippen LogP contribution in [0.2, 0.25) is 5.02 Å². The molecule has 1 fully saturated rings. The summed E-state index contributed by atoms with van der Waals surface area (Å²) in [4.78, 5) is 48.7. The van der Waals surface area contributed by atoms with Crippen molar-refractivity contribution in [2.24, 2.45) is 0 Å². The number of rotatable bonds is 10. The van der Waals surface area contributed by atoms with E-state index >= 15 is 0 Å². The van der Waals surface area contributed by atoms with Gasteiger partial charge in [-0.05, 0) is 42.2 Å². The first-order chi connectivity index (χ1) is 20.7. The Kier molecular flexibility index (Phi) is 9.04. The number of amides is 2. The summed E-state index contributed by atoms with van der Waals surface area (Å²) < 4.78 is 24.5. The summed E-state index contributed by atoms with van der Waals surface area (Å²) in [6.07, 6.45) is 3.07. The number of aliphatic carboxylic acids is 1. The van der Waals surface area contributed by atoms with Gasteiger partial charge in [0.05, 0.1) is 36.7 Å². The van der Waals surface area contributed by atoms with Gasteiger partial charge in [-0.25, -0.2) is 19.2 Å². The molecule has 43 heavy (non-hydrogen) atoms. The van der Waals surface area contributed by atoms with Crippen molar-refractivity contribution in [2.45, 2.75) is 37.5 Å². The number of aliphatic hydroxyl groups excluding tert-OH is 1. The third-order valence-corrected chi connectivity index (χ3v) is 7.62. The topological polar surface area (TPSA) is 163 Å². The average molecular weight is 614 g/mol. The lowest BCUT2D eigenvalue weighted by Crippen LogP contribution is -2.52. The van der Waals surface area contributed by atoms with E-state index in [1.54, 1.807) is 18.2 Å². The third-order valence-electron chi connectivity index (χ3n) is 7.34. The van der Waals surface area contributed by atoms with Gasteiger partial charge in [-0.15, -0.1) is 0 Å². The molecule has 3 aromatic rings. The van der Waals surface area contributed by atoms with Crippen molar-refractivity contribution in [2.75, 3.05) is 32.2 Å². The zero-order valence-corrected chi connectivity index (χ0v) is 23.8. The summed E-state index contributed by atoms with van der Waals surface area (Å²) in [5, 5.41) is 25.8. The normalized spacial score (nSPS) is 16.4. The number of ether oxygens (including phenoxy) is 2. The first-order valence-electron chi connectivity index (χ1n) is 13.5. The van der Waals surface area contributed by atoms with E-state index in [0.29, 0.717) is 36.0 Å². The van der Waals surface area contributed by atoms with E-state index in [1.165, 1.54) is 19.4 Å². The van der Waals surface area contributed by atoms with Crippen molar-refractivity contribution in [3.8, 4) is 17.0 Å². The molecule has 2 aliphatic heterocycles. The second-order valence-corrected chi connectivity index (χ2v) is 10.5. The monoisotopic (exact) mass is 613 g/mol. The Morgan fingerprint density at radius 3 is 2.70 bits per heavy atom. The van der Waals surface area contributed by atoms with Gasteiger partial charge in [0.25, 0.3) is 11.8 Å². The van der Waals surface area contributed by atoms with E-state index in [-0.39, 0.29) is 34.5 Å². The molecule has 0 spiro atoms. The number of methoxy groups -OCH3 is 1. The number of carbonyl (C=O) groups is 3. The van der Waals surface area contributed by atoms with Gasteiger partial charge in [-0.3, -0.25) is 9.59 Å². The zero-order chi connectivity index (χ0) is 30.7. The molecule has 1 aromatic heterocycles. The summed E-state index contributed by atoms with van der Waals surface area (Å²) in [5.74, 6) is -3.47. The van der Waals surface area contributed by atoms with E-state index in [0.717, 1.165) is 29.9 Å². The maximum Gasteiger partial charge on any atom is 0.336 e. The van der Waals surface area contributed by atoms with Crippen LogP contribution in [0.4, 0.5) is 10.3 Å². The molecule has 2 atom stereocenters. The smallest absolute Gasteiger partial charge is 0.336 e. The minimum Gasteiger partial charge on any atom is -0.497 e. The number of benzene rings is 2. The number of aliphatic hydroxyl groups is 1. The van der Waals surface area contributed by atoms with Gasteiger partial charge in [0, 0.05) is 43.0 Å². The molecule has 0 aliphatic carbocycles. The van der Waals surface area contributed by atoms with Crippen LogP contribution in [0.1, 0.15) is 40.4 Å². The quantitative estimate of drug-likeness (QED) is 0.250. The SMILES string of the molecule is COc1cc(F)cc(C(CO)NC(=O)C(C(=O)O)N2Cc3ccc(-c4nc(NC5CCOCC5)ncc4Cl)cc3C2=O)c1. The number of nitrogens with one attached hydrogen (secondary N) is 2. The van der Waals surface area contributed by atoms with Crippen LogP contribution < -0.4 is 15.4 Å². The second kappa shape index (κ2) is 12.9. The number of nitrogens with zero attached hydrogens (tertiary/aromatic N) is 3. The van der Waals surface area contributed by atoms with Crippen LogP contribution in [0.15, 0.2) is 42.6 Å². The second-order valence-electron chi connectivity index (χ2n) is 10.1. The number of hydrogen-bond acceptors (Lipinski definition) is 9. The molecule has 226 valence electrons. The summed E-state index contributed by atoms with van der Waals surface area (Å²) >= 11 is 6.41. The highest BCUT2D eigenvalue weighted by Crippen LogP contribution is 2.33. The van der Waals surface area contributed by atoms with E-state index in [4.69, 9.17) is 21.1 Å². The third kappa shape index (κ3) is 6.53. The highest BCUT2D eigenvalue weighted by atomic mass is 35.5. The lowest BCUT2D eigenvalue weighted by molar-refractivity contribution is -0.148. The maximum atomic E-state index is 14.0. The predicted octanol–water partition coefficient (Wildman–Crippen LogP) is 2.79. The Morgan fingerprint density at radius 1 is 1.23 bits per heavy atom. The van der Waals surface area contributed by atoms with Gasteiger partial charge in [0.2, 0.25) is 12.0 Å². The van der Waals surface area contributed by atoms with Crippen molar-refractivity contribution in [1.82, 2.24) is 20.2 Å². The van der Waals surface area contributed by atoms with E-state index < -0.39 is 42.3 Å². The Hall–Kier alpha value is -4.33. The lowest BCUT2D eigenvalue weighted by atomic mass is 10.0. The molecule has 2 unspecified atom stereocenters. The van der Waals surface area contributed by atoms with Crippen LogP contribution in [0.5, 0.6) is 5.75 Å². The van der Waals surface area contributed by atoms with Crippen LogP contribution in [-0.4, -0.2) is 81.9 Å². The lowest BCUT2D eigenvalue weighted by Gasteiger charge is -2.26. The number of fused-ring (bicyclic) bond motifs is 1. The van der Waals surface area contributed by atoms with Crippen molar-refractivity contribution in [3.05, 3.63) is 70.1 Å². The summed E-state index contributed by atoms with van der Waals surface area (Å²) in [6.45, 7) is 0.464. The van der Waals surface area contributed by atoms with Crippen LogP contribution in [-0.2, 0) is 20.9 Å². The molecule has 0 bridgehead atoms. The van der Waals surface area contributed by atoms with Crippen LogP contribution in [0.3, 0.4) is 0 Å². The number of anilines is 1. The van der Waals surface area contributed by atoms with Crippen LogP contribution >= 0.6 is 11.6 Å². The van der Waals surface area contributed by atoms with E-state index in [1.807, 2.05) is 0 Å². The highest BCUT2D eigenvalue weighted by molar-refractivity contribution is 6.33. The molecule has 14 heteroatoms. The van der Waals surface area contributed by atoms with Gasteiger partial charge in [-0.1, -0.05) is 23.7 Å².